The van der Waals surface area contributed by atoms with E-state index in [0.717, 1.165) is 32.2 Å². The minimum atomic E-state index is -0.493. The molecule has 2 heterocycles. The van der Waals surface area contributed by atoms with E-state index in [9.17, 15) is 14.4 Å². The van der Waals surface area contributed by atoms with E-state index in [4.69, 9.17) is 4.74 Å². The fourth-order valence-electron chi connectivity index (χ4n) is 3.36. The highest BCUT2D eigenvalue weighted by Crippen LogP contribution is 2.20. The lowest BCUT2D eigenvalue weighted by molar-refractivity contribution is -0.144. The van der Waals surface area contributed by atoms with E-state index < -0.39 is 5.92 Å². The maximum absolute atomic E-state index is 12.9. The summed E-state index contributed by atoms with van der Waals surface area (Å²) in [5.74, 6) is 0.0885. The molecule has 1 unspecified atom stereocenters. The van der Waals surface area contributed by atoms with Crippen molar-refractivity contribution >= 4 is 35.6 Å². The monoisotopic (exact) mass is 459 g/mol. The van der Waals surface area contributed by atoms with Crippen molar-refractivity contribution < 1.29 is 19.1 Å². The molecule has 0 bridgehead atoms. The summed E-state index contributed by atoms with van der Waals surface area (Å²) >= 11 is 1.53. The zero-order chi connectivity index (χ0) is 23.2. The first-order valence-corrected chi connectivity index (χ1v) is 12.2. The normalized spacial score (nSPS) is 14.6. The fourth-order valence-corrected chi connectivity index (χ4v) is 4.33. The number of nitrogens with one attached hydrogen (secondary N) is 1. The largest absolute Gasteiger partial charge is 0.466 e. The average Bonchev–Trinajstić information content (AvgIpc) is 2.99. The van der Waals surface area contributed by atoms with E-state index in [-0.39, 0.29) is 24.1 Å². The van der Waals surface area contributed by atoms with Gasteiger partial charge in [-0.25, -0.2) is 0 Å². The van der Waals surface area contributed by atoms with Gasteiger partial charge in [-0.2, -0.15) is 11.8 Å². The molecule has 174 valence electrons. The molecule has 0 aromatic carbocycles. The fraction of sp³-hybridized carbons (Fsp3) is 0.542. The van der Waals surface area contributed by atoms with Crippen LogP contribution in [0.3, 0.4) is 0 Å². The minimum Gasteiger partial charge on any atom is -0.466 e. The molecule has 1 aromatic rings. The number of nitrogens with zero attached hydrogens (tertiary/aromatic N) is 2. The van der Waals surface area contributed by atoms with Crippen LogP contribution in [0.4, 0.5) is 0 Å². The number of carbonyl (C=O) groups is 3. The van der Waals surface area contributed by atoms with Crippen LogP contribution >= 0.6 is 11.8 Å². The van der Waals surface area contributed by atoms with Gasteiger partial charge in [0.2, 0.25) is 5.91 Å². The van der Waals surface area contributed by atoms with Gasteiger partial charge in [-0.15, -0.1) is 0 Å². The first-order chi connectivity index (χ1) is 15.5. The van der Waals surface area contributed by atoms with Gasteiger partial charge in [-0.1, -0.05) is 5.57 Å². The van der Waals surface area contributed by atoms with Crippen LogP contribution in [0.25, 0.3) is 0 Å². The van der Waals surface area contributed by atoms with Gasteiger partial charge < -0.3 is 10.1 Å². The Kier molecular flexibility index (Phi) is 11.7. The summed E-state index contributed by atoms with van der Waals surface area (Å²) in [6.45, 7) is 5.32. The van der Waals surface area contributed by atoms with Crippen molar-refractivity contribution in [2.24, 2.45) is 10.9 Å². The van der Waals surface area contributed by atoms with Crippen LogP contribution in [-0.4, -0.2) is 60.1 Å². The second-order valence-electron chi connectivity index (χ2n) is 7.83. The lowest BCUT2D eigenvalue weighted by atomic mass is 9.97. The highest BCUT2D eigenvalue weighted by molar-refractivity contribution is 7.99. The van der Waals surface area contributed by atoms with Gasteiger partial charge in [-0.3, -0.25) is 24.4 Å². The Balaban J connectivity index is 1.83. The molecule has 0 aliphatic carbocycles. The van der Waals surface area contributed by atoms with Gasteiger partial charge >= 0.3 is 5.97 Å². The number of amides is 1. The number of aliphatic imine (C=N–C) groups is 1. The second-order valence-corrected chi connectivity index (χ2v) is 8.98. The SMILES string of the molecule is CC(=O)NCCSCC(CC(=O)OCCCC1=C(C)CCCN=C1)C(=O)c1cccnc1. The Labute approximate surface area is 194 Å². The molecule has 7 nitrogen and oxygen atoms in total. The Bertz CT molecular complexity index is 824. The van der Waals surface area contributed by atoms with Crippen molar-refractivity contribution in [2.75, 3.05) is 31.2 Å². The van der Waals surface area contributed by atoms with Crippen LogP contribution in [-0.2, 0) is 14.3 Å². The number of ether oxygens (including phenoxy) is 1. The predicted molar refractivity (Wildman–Crippen MR) is 128 cm³/mol. The average molecular weight is 460 g/mol. The van der Waals surface area contributed by atoms with Crippen molar-refractivity contribution in [1.82, 2.24) is 10.3 Å². The summed E-state index contributed by atoms with van der Waals surface area (Å²) in [7, 11) is 0. The summed E-state index contributed by atoms with van der Waals surface area (Å²) < 4.78 is 5.43. The van der Waals surface area contributed by atoms with E-state index in [0.29, 0.717) is 30.2 Å². The van der Waals surface area contributed by atoms with Crippen LogP contribution in [0.1, 0.15) is 56.3 Å². The lowest BCUT2D eigenvalue weighted by Gasteiger charge is -2.15. The third-order valence-corrected chi connectivity index (χ3v) is 6.29. The van der Waals surface area contributed by atoms with Gasteiger partial charge in [0.15, 0.2) is 5.78 Å². The zero-order valence-corrected chi connectivity index (χ0v) is 19.8. The van der Waals surface area contributed by atoms with Crippen molar-refractivity contribution in [2.45, 2.75) is 46.0 Å². The number of ketones is 1. The second kappa shape index (κ2) is 14.6. The standard InChI is InChI=1S/C24H33N3O4S/c1-18-6-3-9-25-15-20(18)8-5-12-31-23(29)14-22(17-32-13-11-27-19(2)28)24(30)21-7-4-10-26-16-21/h4,7,10,15-16,22H,3,5-6,8-9,11-14,17H2,1-2H3,(H,27,28). The number of aromatic nitrogens is 1. The van der Waals surface area contributed by atoms with Gasteiger partial charge in [0.1, 0.15) is 0 Å². The quantitative estimate of drug-likeness (QED) is 0.275. The molecule has 0 fully saturated rings. The first-order valence-electron chi connectivity index (χ1n) is 11.1. The number of esters is 1. The molecule has 0 saturated carbocycles. The number of Topliss-reactive ketones (excluding diaryl/α,β-unsaturated/α-hetero) is 1. The molecule has 2 rings (SSSR count). The summed E-state index contributed by atoms with van der Waals surface area (Å²) in [6.07, 6.45) is 8.82. The van der Waals surface area contributed by atoms with Gasteiger partial charge in [0.05, 0.1) is 13.0 Å². The van der Waals surface area contributed by atoms with Crippen LogP contribution in [0.5, 0.6) is 0 Å². The summed E-state index contributed by atoms with van der Waals surface area (Å²) in [6, 6.07) is 3.42. The molecular formula is C24H33N3O4S. The Morgan fingerprint density at radius 3 is 2.91 bits per heavy atom. The minimum absolute atomic E-state index is 0.0318. The molecule has 0 radical (unpaired) electrons. The van der Waals surface area contributed by atoms with Gasteiger partial charge in [0.25, 0.3) is 0 Å². The number of hydrogen-bond donors (Lipinski definition) is 1. The van der Waals surface area contributed by atoms with Crippen molar-refractivity contribution in [3.8, 4) is 0 Å². The predicted octanol–water partition coefficient (Wildman–Crippen LogP) is 3.64. The van der Waals surface area contributed by atoms with E-state index in [1.54, 1.807) is 18.3 Å². The molecule has 1 aliphatic rings. The molecule has 8 heteroatoms. The van der Waals surface area contributed by atoms with Crippen LogP contribution in [0, 0.1) is 5.92 Å². The number of thioether (sulfide) groups is 1. The Morgan fingerprint density at radius 2 is 2.16 bits per heavy atom. The molecule has 1 atom stereocenters. The van der Waals surface area contributed by atoms with Crippen LogP contribution < -0.4 is 5.32 Å². The zero-order valence-electron chi connectivity index (χ0n) is 19.0. The topological polar surface area (TPSA) is 97.7 Å². The van der Waals surface area contributed by atoms with E-state index >= 15 is 0 Å². The molecule has 1 aromatic heterocycles. The summed E-state index contributed by atoms with van der Waals surface area (Å²) in [4.78, 5) is 44.7. The van der Waals surface area contributed by atoms with Crippen LogP contribution in [0.2, 0.25) is 0 Å². The Morgan fingerprint density at radius 1 is 1.31 bits per heavy atom. The van der Waals surface area contributed by atoms with E-state index in [1.807, 2.05) is 6.21 Å². The lowest BCUT2D eigenvalue weighted by Crippen LogP contribution is -2.25. The van der Waals surface area contributed by atoms with Gasteiger partial charge in [0, 0.05) is 61.6 Å². The van der Waals surface area contributed by atoms with Crippen molar-refractivity contribution in [1.29, 1.82) is 0 Å². The summed E-state index contributed by atoms with van der Waals surface area (Å²) in [5.41, 5.74) is 3.08. The maximum Gasteiger partial charge on any atom is 0.306 e. The highest BCUT2D eigenvalue weighted by Gasteiger charge is 2.24. The molecular weight excluding hydrogens is 426 g/mol. The Hall–Kier alpha value is -2.48. The van der Waals surface area contributed by atoms with E-state index in [1.165, 1.54) is 36.0 Å². The summed E-state index contributed by atoms with van der Waals surface area (Å²) in [5, 5.41) is 2.73. The van der Waals surface area contributed by atoms with Gasteiger partial charge in [-0.05, 0) is 50.3 Å². The third-order valence-electron chi connectivity index (χ3n) is 5.16. The molecule has 32 heavy (non-hydrogen) atoms. The number of rotatable bonds is 13. The number of hydrogen-bond acceptors (Lipinski definition) is 7. The molecule has 0 spiro atoms. The van der Waals surface area contributed by atoms with Crippen LogP contribution in [0.15, 0.2) is 40.7 Å². The smallest absolute Gasteiger partial charge is 0.306 e. The molecule has 0 saturated heterocycles. The number of pyridine rings is 1. The third kappa shape index (κ3) is 9.77. The number of carbonyl (C=O) groups excluding carboxylic acids is 3. The molecule has 1 aliphatic heterocycles. The van der Waals surface area contributed by atoms with Crippen molar-refractivity contribution in [3.05, 3.63) is 41.2 Å². The maximum atomic E-state index is 12.9. The number of allylic oxidation sites excluding steroid dienone is 2. The first kappa shape index (κ1) is 25.8. The van der Waals surface area contributed by atoms with Crippen molar-refractivity contribution in [3.63, 3.8) is 0 Å². The molecule has 1 amide bonds. The molecule has 1 N–H and O–H groups in total. The highest BCUT2D eigenvalue weighted by atomic mass is 32.2. The van der Waals surface area contributed by atoms with E-state index in [2.05, 4.69) is 22.2 Å².